The summed E-state index contributed by atoms with van der Waals surface area (Å²) in [5.41, 5.74) is 21.6. The average molecular weight is 510 g/mol. The molecule has 3 aromatic heterocycles. The second-order valence-corrected chi connectivity index (χ2v) is 6.57. The summed E-state index contributed by atoms with van der Waals surface area (Å²) < 4.78 is 10.2. The molecule has 0 aromatic carbocycles. The minimum absolute atomic E-state index is 0.00231. The Bertz CT molecular complexity index is 1170. The van der Waals surface area contributed by atoms with Gasteiger partial charge in [-0.1, -0.05) is 11.6 Å². The SMILES string of the molecule is CCOc1cc(N)ncc1N.CCOc1cc(N)ncc1[N+](=O)[O-].Nc1cc(Cl)c([N+](=O)[O-])cn1. The summed E-state index contributed by atoms with van der Waals surface area (Å²) in [5, 5.41) is 20.6. The zero-order chi connectivity index (χ0) is 26.5. The maximum atomic E-state index is 10.5. The summed E-state index contributed by atoms with van der Waals surface area (Å²) in [6.45, 7) is 4.55. The first-order chi connectivity index (χ1) is 16.5. The third kappa shape index (κ3) is 9.39. The topological polar surface area (TPSA) is 247 Å². The van der Waals surface area contributed by atoms with E-state index in [0.29, 0.717) is 30.5 Å². The van der Waals surface area contributed by atoms with E-state index < -0.39 is 9.85 Å². The molecule has 8 N–H and O–H groups in total. The lowest BCUT2D eigenvalue weighted by atomic mass is 10.4. The Labute approximate surface area is 204 Å². The minimum atomic E-state index is -0.616. The van der Waals surface area contributed by atoms with Gasteiger partial charge in [0.1, 0.15) is 40.6 Å². The molecule has 0 bridgehead atoms. The molecule has 0 fully saturated rings. The molecule has 0 saturated carbocycles. The highest BCUT2D eigenvalue weighted by molar-refractivity contribution is 6.32. The molecule has 16 heteroatoms. The van der Waals surface area contributed by atoms with E-state index in [-0.39, 0.29) is 33.8 Å². The first-order valence-electron chi connectivity index (χ1n) is 9.71. The normalized spacial score (nSPS) is 9.57. The van der Waals surface area contributed by atoms with Crippen LogP contribution in [0.25, 0.3) is 0 Å². The van der Waals surface area contributed by atoms with Crippen molar-refractivity contribution in [2.24, 2.45) is 0 Å². The Morgan fingerprint density at radius 2 is 1.20 bits per heavy atom. The Balaban J connectivity index is 0.000000264. The molecule has 0 amide bonds. The van der Waals surface area contributed by atoms with E-state index in [9.17, 15) is 20.2 Å². The summed E-state index contributed by atoms with van der Waals surface area (Å²) in [7, 11) is 0. The number of ether oxygens (including phenoxy) is 2. The van der Waals surface area contributed by atoms with Crippen molar-refractivity contribution in [2.45, 2.75) is 13.8 Å². The third-order valence-electron chi connectivity index (χ3n) is 3.63. The van der Waals surface area contributed by atoms with E-state index in [0.717, 1.165) is 12.4 Å². The largest absolute Gasteiger partial charge is 0.492 e. The predicted octanol–water partition coefficient (Wildman–Crippen LogP) is 2.84. The summed E-state index contributed by atoms with van der Waals surface area (Å²) in [6.07, 6.45) is 3.60. The maximum Gasteiger partial charge on any atom is 0.329 e. The monoisotopic (exact) mass is 509 g/mol. The lowest BCUT2D eigenvalue weighted by Crippen LogP contribution is -2.00. The van der Waals surface area contributed by atoms with Crippen molar-refractivity contribution in [1.82, 2.24) is 15.0 Å². The van der Waals surface area contributed by atoms with Crippen LogP contribution in [0.3, 0.4) is 0 Å². The molecular weight excluding hydrogens is 486 g/mol. The number of pyridine rings is 3. The molecular formula is C19H24ClN9O6. The minimum Gasteiger partial charge on any atom is -0.492 e. The van der Waals surface area contributed by atoms with Crippen LogP contribution in [0.15, 0.2) is 36.8 Å². The van der Waals surface area contributed by atoms with E-state index in [2.05, 4.69) is 15.0 Å². The van der Waals surface area contributed by atoms with Gasteiger partial charge >= 0.3 is 11.4 Å². The quantitative estimate of drug-likeness (QED) is 0.275. The van der Waals surface area contributed by atoms with Crippen LogP contribution < -0.4 is 32.4 Å². The summed E-state index contributed by atoms with van der Waals surface area (Å²) >= 11 is 5.46. The number of nitro groups is 2. The third-order valence-corrected chi connectivity index (χ3v) is 3.93. The molecule has 0 saturated heterocycles. The van der Waals surface area contributed by atoms with E-state index >= 15 is 0 Å². The molecule has 0 radical (unpaired) electrons. The number of halogens is 1. The molecule has 3 heterocycles. The van der Waals surface area contributed by atoms with Gasteiger partial charge in [0.05, 0.1) is 34.9 Å². The number of aromatic nitrogens is 3. The molecule has 3 rings (SSSR count). The van der Waals surface area contributed by atoms with Crippen LogP contribution in [0, 0.1) is 20.2 Å². The number of nitrogen functional groups attached to an aromatic ring is 4. The number of nitrogens with zero attached hydrogens (tertiary/aromatic N) is 5. The molecule has 0 aliphatic rings. The van der Waals surface area contributed by atoms with Gasteiger partial charge in [-0.2, -0.15) is 0 Å². The van der Waals surface area contributed by atoms with Crippen LogP contribution in [-0.4, -0.2) is 38.0 Å². The summed E-state index contributed by atoms with van der Waals surface area (Å²) in [4.78, 5) is 30.4. The van der Waals surface area contributed by atoms with Gasteiger partial charge in [-0.3, -0.25) is 20.2 Å². The molecule has 3 aromatic rings. The predicted molar refractivity (Wildman–Crippen MR) is 131 cm³/mol. The second kappa shape index (κ2) is 13.8. The molecule has 188 valence electrons. The first-order valence-corrected chi connectivity index (χ1v) is 10.1. The van der Waals surface area contributed by atoms with Crippen LogP contribution in [0.4, 0.5) is 34.5 Å². The fourth-order valence-electron chi connectivity index (χ4n) is 2.17. The first kappa shape index (κ1) is 28.4. The molecule has 0 spiro atoms. The zero-order valence-electron chi connectivity index (χ0n) is 18.8. The highest BCUT2D eigenvalue weighted by Gasteiger charge is 2.15. The van der Waals surface area contributed by atoms with Gasteiger partial charge in [-0.25, -0.2) is 15.0 Å². The number of hydrogen-bond donors (Lipinski definition) is 4. The van der Waals surface area contributed by atoms with Crippen molar-refractivity contribution in [3.8, 4) is 11.5 Å². The fraction of sp³-hybridized carbons (Fsp3) is 0.211. The van der Waals surface area contributed by atoms with Crippen molar-refractivity contribution in [2.75, 3.05) is 36.1 Å². The molecule has 0 unspecified atom stereocenters. The highest BCUT2D eigenvalue weighted by Crippen LogP contribution is 2.27. The molecule has 0 aliphatic carbocycles. The molecule has 35 heavy (non-hydrogen) atoms. The van der Waals surface area contributed by atoms with Crippen LogP contribution in [0.2, 0.25) is 5.02 Å². The molecule has 0 atom stereocenters. The van der Waals surface area contributed by atoms with Crippen LogP contribution in [-0.2, 0) is 0 Å². The number of hydrogen-bond acceptors (Lipinski definition) is 13. The van der Waals surface area contributed by atoms with Crippen LogP contribution >= 0.6 is 11.6 Å². The van der Waals surface area contributed by atoms with E-state index in [1.54, 1.807) is 13.0 Å². The second-order valence-electron chi connectivity index (χ2n) is 6.16. The molecule has 15 nitrogen and oxygen atoms in total. The van der Waals surface area contributed by atoms with Crippen molar-refractivity contribution in [3.63, 3.8) is 0 Å². The Morgan fingerprint density at radius 1 is 0.771 bits per heavy atom. The van der Waals surface area contributed by atoms with Crippen molar-refractivity contribution in [1.29, 1.82) is 0 Å². The van der Waals surface area contributed by atoms with Gasteiger partial charge < -0.3 is 32.4 Å². The lowest BCUT2D eigenvalue weighted by Gasteiger charge is -2.05. The van der Waals surface area contributed by atoms with Crippen molar-refractivity contribution < 1.29 is 19.3 Å². The Morgan fingerprint density at radius 3 is 1.69 bits per heavy atom. The van der Waals surface area contributed by atoms with E-state index in [4.69, 9.17) is 44.0 Å². The fourth-order valence-corrected chi connectivity index (χ4v) is 2.40. The summed E-state index contributed by atoms with van der Waals surface area (Å²) in [5.74, 6) is 1.54. The summed E-state index contributed by atoms with van der Waals surface area (Å²) in [6, 6.07) is 4.18. The van der Waals surface area contributed by atoms with E-state index in [1.807, 2.05) is 6.92 Å². The van der Waals surface area contributed by atoms with Gasteiger partial charge in [0, 0.05) is 18.2 Å². The van der Waals surface area contributed by atoms with Gasteiger partial charge in [-0.05, 0) is 13.8 Å². The highest BCUT2D eigenvalue weighted by atomic mass is 35.5. The number of nitrogens with two attached hydrogens (primary N) is 4. The maximum absolute atomic E-state index is 10.5. The average Bonchev–Trinajstić information content (AvgIpc) is 2.77. The van der Waals surface area contributed by atoms with Crippen molar-refractivity contribution in [3.05, 3.63) is 62.0 Å². The van der Waals surface area contributed by atoms with Gasteiger partial charge in [-0.15, -0.1) is 0 Å². The molecule has 0 aliphatic heterocycles. The Kier molecular flexibility index (Phi) is 11.2. The smallest absolute Gasteiger partial charge is 0.329 e. The lowest BCUT2D eigenvalue weighted by molar-refractivity contribution is -0.386. The van der Waals surface area contributed by atoms with Gasteiger partial charge in [0.2, 0.25) is 5.75 Å². The zero-order valence-corrected chi connectivity index (χ0v) is 19.5. The van der Waals surface area contributed by atoms with Crippen LogP contribution in [0.1, 0.15) is 13.8 Å². The standard InChI is InChI=1S/C7H9N3O3.C7H11N3O.C5H4ClN3O2/c1-2-13-6-3-7(8)9-4-5(6)10(11)12;1-2-11-6-3-7(9)10-4-5(6)8;6-3-1-5(7)8-2-4(3)9(10)11/h3-4H,2H2,1H3,(H2,8,9);3-4H,2,8H2,1H3,(H2,9,10);1-2H,(H2,7,8). The Hall–Kier alpha value is -4.66. The van der Waals surface area contributed by atoms with Crippen molar-refractivity contribution >= 4 is 46.1 Å². The van der Waals surface area contributed by atoms with Gasteiger partial charge in [0.15, 0.2) is 0 Å². The van der Waals surface area contributed by atoms with E-state index in [1.165, 1.54) is 18.3 Å². The number of rotatable bonds is 6. The van der Waals surface area contributed by atoms with Gasteiger partial charge in [0.25, 0.3) is 0 Å². The van der Waals surface area contributed by atoms with Crippen LogP contribution in [0.5, 0.6) is 11.5 Å². The number of anilines is 4.